The maximum atomic E-state index is 12.8. The van der Waals surface area contributed by atoms with Crippen molar-refractivity contribution in [1.29, 1.82) is 0 Å². The number of amides is 1. The van der Waals surface area contributed by atoms with E-state index in [1.807, 2.05) is 54.6 Å². The third-order valence-electron chi connectivity index (χ3n) is 5.90. The van der Waals surface area contributed by atoms with Crippen LogP contribution in [-0.4, -0.2) is 41.8 Å². The number of nitrogens with zero attached hydrogens (tertiary/aromatic N) is 1. The normalized spacial score (nSPS) is 13.2. The van der Waals surface area contributed by atoms with Crippen LogP contribution in [0.3, 0.4) is 0 Å². The number of carbonyl (C=O) groups is 2. The number of rotatable bonds is 7. The standard InChI is InChI=1S/C26H25NO4/c1-27(19(16-25(28)29)15-18-9-3-2-4-10-18)26(30)31-17-24-22-13-7-5-11-20(22)21-12-6-8-14-23(21)24/h2-14,19,24H,15-17H2,1H3,(H,28,29). The van der Waals surface area contributed by atoms with Gasteiger partial charge in [-0.25, -0.2) is 4.79 Å². The van der Waals surface area contributed by atoms with Crippen molar-refractivity contribution in [3.8, 4) is 11.1 Å². The van der Waals surface area contributed by atoms with Crippen LogP contribution in [0, 0.1) is 0 Å². The van der Waals surface area contributed by atoms with E-state index in [4.69, 9.17) is 4.74 Å². The molecule has 0 fully saturated rings. The third-order valence-corrected chi connectivity index (χ3v) is 5.90. The molecule has 0 bridgehead atoms. The minimum atomic E-state index is -0.945. The Bertz CT molecular complexity index is 1030. The molecule has 0 saturated heterocycles. The predicted octanol–water partition coefficient (Wildman–Crippen LogP) is 4.95. The van der Waals surface area contributed by atoms with Gasteiger partial charge in [0.15, 0.2) is 0 Å². The van der Waals surface area contributed by atoms with Crippen LogP contribution in [0.5, 0.6) is 0 Å². The Hall–Kier alpha value is -3.60. The average Bonchev–Trinajstić information content (AvgIpc) is 3.11. The van der Waals surface area contributed by atoms with Gasteiger partial charge in [-0.05, 0) is 34.2 Å². The molecule has 5 heteroatoms. The number of hydrogen-bond acceptors (Lipinski definition) is 3. The number of carboxylic acids is 1. The van der Waals surface area contributed by atoms with Crippen LogP contribution in [0.15, 0.2) is 78.9 Å². The minimum Gasteiger partial charge on any atom is -0.481 e. The van der Waals surface area contributed by atoms with Gasteiger partial charge in [0.1, 0.15) is 6.61 Å². The fourth-order valence-corrected chi connectivity index (χ4v) is 4.28. The molecule has 3 aromatic rings. The van der Waals surface area contributed by atoms with Crippen molar-refractivity contribution in [1.82, 2.24) is 4.90 Å². The summed E-state index contributed by atoms with van der Waals surface area (Å²) in [7, 11) is 1.61. The van der Waals surface area contributed by atoms with Crippen LogP contribution in [0.1, 0.15) is 29.0 Å². The second-order valence-corrected chi connectivity index (χ2v) is 7.86. The summed E-state index contributed by atoms with van der Waals surface area (Å²) in [5.74, 6) is -0.976. The molecule has 1 amide bonds. The first kappa shape index (κ1) is 20.7. The zero-order valence-corrected chi connectivity index (χ0v) is 17.4. The third kappa shape index (κ3) is 4.45. The Kier molecular flexibility index (Phi) is 6.03. The first-order valence-corrected chi connectivity index (χ1v) is 10.4. The maximum Gasteiger partial charge on any atom is 0.409 e. The van der Waals surface area contributed by atoms with Gasteiger partial charge in [0.05, 0.1) is 6.42 Å². The number of benzene rings is 3. The van der Waals surface area contributed by atoms with Crippen molar-refractivity contribution in [2.75, 3.05) is 13.7 Å². The van der Waals surface area contributed by atoms with Crippen molar-refractivity contribution >= 4 is 12.1 Å². The molecule has 1 aliphatic rings. The van der Waals surface area contributed by atoms with Gasteiger partial charge in [0.25, 0.3) is 0 Å². The maximum absolute atomic E-state index is 12.8. The Morgan fingerprint density at radius 1 is 0.903 bits per heavy atom. The lowest BCUT2D eigenvalue weighted by Crippen LogP contribution is -2.40. The number of fused-ring (bicyclic) bond motifs is 3. The summed E-state index contributed by atoms with van der Waals surface area (Å²) in [5.41, 5.74) is 5.60. The highest BCUT2D eigenvalue weighted by atomic mass is 16.6. The van der Waals surface area contributed by atoms with E-state index in [2.05, 4.69) is 24.3 Å². The predicted molar refractivity (Wildman–Crippen MR) is 119 cm³/mol. The highest BCUT2D eigenvalue weighted by Crippen LogP contribution is 2.44. The van der Waals surface area contributed by atoms with Crippen LogP contribution < -0.4 is 0 Å². The number of carboxylic acid groups (broad SMARTS) is 1. The van der Waals surface area contributed by atoms with Gasteiger partial charge in [-0.3, -0.25) is 4.79 Å². The van der Waals surface area contributed by atoms with Crippen LogP contribution in [0.4, 0.5) is 4.79 Å². The van der Waals surface area contributed by atoms with Gasteiger partial charge in [-0.15, -0.1) is 0 Å². The van der Waals surface area contributed by atoms with Crippen molar-refractivity contribution in [3.05, 3.63) is 95.6 Å². The molecule has 0 saturated carbocycles. The molecule has 1 unspecified atom stereocenters. The van der Waals surface area contributed by atoms with Gasteiger partial charge in [0, 0.05) is 19.0 Å². The molecule has 3 aromatic carbocycles. The lowest BCUT2D eigenvalue weighted by Gasteiger charge is -2.27. The summed E-state index contributed by atoms with van der Waals surface area (Å²) in [5, 5.41) is 9.33. The van der Waals surface area contributed by atoms with Crippen molar-refractivity contribution < 1.29 is 19.4 Å². The van der Waals surface area contributed by atoms with Crippen LogP contribution in [0.25, 0.3) is 11.1 Å². The zero-order chi connectivity index (χ0) is 21.8. The van der Waals surface area contributed by atoms with Crippen LogP contribution in [0.2, 0.25) is 0 Å². The largest absolute Gasteiger partial charge is 0.481 e. The van der Waals surface area contributed by atoms with E-state index in [1.165, 1.54) is 16.0 Å². The second-order valence-electron chi connectivity index (χ2n) is 7.86. The van der Waals surface area contributed by atoms with E-state index >= 15 is 0 Å². The number of ether oxygens (including phenoxy) is 1. The smallest absolute Gasteiger partial charge is 0.409 e. The van der Waals surface area contributed by atoms with E-state index in [9.17, 15) is 14.7 Å². The second kappa shape index (κ2) is 9.04. The zero-order valence-electron chi connectivity index (χ0n) is 17.4. The quantitative estimate of drug-likeness (QED) is 0.593. The lowest BCUT2D eigenvalue weighted by atomic mass is 9.98. The van der Waals surface area contributed by atoms with Crippen LogP contribution in [-0.2, 0) is 16.0 Å². The molecule has 0 radical (unpaired) electrons. The monoisotopic (exact) mass is 415 g/mol. The summed E-state index contributed by atoms with van der Waals surface area (Å²) in [4.78, 5) is 25.6. The van der Waals surface area contributed by atoms with Gasteiger partial charge >= 0.3 is 12.1 Å². The van der Waals surface area contributed by atoms with Crippen molar-refractivity contribution in [2.24, 2.45) is 0 Å². The molecule has 1 aliphatic carbocycles. The van der Waals surface area contributed by atoms with Crippen molar-refractivity contribution in [3.63, 3.8) is 0 Å². The van der Waals surface area contributed by atoms with Crippen LogP contribution >= 0.6 is 0 Å². The number of aliphatic carboxylic acids is 1. The van der Waals surface area contributed by atoms with Gasteiger partial charge in [0.2, 0.25) is 0 Å². The fraction of sp³-hybridized carbons (Fsp3) is 0.231. The molecule has 0 heterocycles. The highest BCUT2D eigenvalue weighted by molar-refractivity contribution is 5.79. The molecule has 31 heavy (non-hydrogen) atoms. The molecular formula is C26H25NO4. The van der Waals surface area contributed by atoms with E-state index in [0.717, 1.165) is 16.7 Å². The van der Waals surface area contributed by atoms with Gasteiger partial charge in [-0.2, -0.15) is 0 Å². The van der Waals surface area contributed by atoms with Crippen molar-refractivity contribution in [2.45, 2.75) is 24.8 Å². The van der Waals surface area contributed by atoms with Gasteiger partial charge in [-0.1, -0.05) is 78.9 Å². The number of carbonyl (C=O) groups excluding carboxylic acids is 1. The number of hydrogen-bond donors (Lipinski definition) is 1. The lowest BCUT2D eigenvalue weighted by molar-refractivity contribution is -0.138. The molecule has 0 spiro atoms. The minimum absolute atomic E-state index is 0.0307. The summed E-state index contributed by atoms with van der Waals surface area (Å²) >= 11 is 0. The molecule has 1 atom stereocenters. The summed E-state index contributed by atoms with van der Waals surface area (Å²) in [6.07, 6.45) is -0.201. The molecule has 4 rings (SSSR count). The molecule has 5 nitrogen and oxygen atoms in total. The summed E-state index contributed by atoms with van der Waals surface area (Å²) < 4.78 is 5.70. The Labute approximate surface area is 181 Å². The van der Waals surface area contributed by atoms with E-state index < -0.39 is 18.1 Å². The Morgan fingerprint density at radius 2 is 1.45 bits per heavy atom. The molecule has 158 valence electrons. The fourth-order valence-electron chi connectivity index (χ4n) is 4.28. The average molecular weight is 415 g/mol. The van der Waals surface area contributed by atoms with E-state index in [1.54, 1.807) is 7.05 Å². The van der Waals surface area contributed by atoms with E-state index in [0.29, 0.717) is 6.42 Å². The molecule has 0 aromatic heterocycles. The highest BCUT2D eigenvalue weighted by Gasteiger charge is 2.30. The molecule has 1 N–H and O–H groups in total. The number of likely N-dealkylation sites (N-methyl/N-ethyl adjacent to an activating group) is 1. The summed E-state index contributed by atoms with van der Waals surface area (Å²) in [6.45, 7) is 0.211. The van der Waals surface area contributed by atoms with E-state index in [-0.39, 0.29) is 18.9 Å². The van der Waals surface area contributed by atoms with Gasteiger partial charge < -0.3 is 14.7 Å². The summed E-state index contributed by atoms with van der Waals surface area (Å²) in [6, 6.07) is 25.4. The first-order valence-electron chi connectivity index (χ1n) is 10.4. The SMILES string of the molecule is CN(C(=O)OCC1c2ccccc2-c2ccccc21)C(CC(=O)O)Cc1ccccc1. The molecule has 0 aliphatic heterocycles. The molecular weight excluding hydrogens is 390 g/mol. The topological polar surface area (TPSA) is 66.8 Å². The first-order chi connectivity index (χ1) is 15.0. The Balaban J connectivity index is 1.47. The Morgan fingerprint density at radius 3 is 2.03 bits per heavy atom.